The van der Waals surface area contributed by atoms with Gasteiger partial charge in [-0.2, -0.15) is 0 Å². The van der Waals surface area contributed by atoms with Crippen molar-refractivity contribution < 1.29 is 18.7 Å². The van der Waals surface area contributed by atoms with Crippen LogP contribution in [0.25, 0.3) is 11.0 Å². The summed E-state index contributed by atoms with van der Waals surface area (Å²) in [7, 11) is 0. The van der Waals surface area contributed by atoms with Gasteiger partial charge in [0.2, 0.25) is 5.76 Å². The van der Waals surface area contributed by atoms with Crippen LogP contribution in [-0.4, -0.2) is 18.5 Å². The lowest BCUT2D eigenvalue weighted by atomic mass is 10.1. The Balaban J connectivity index is 1.67. The van der Waals surface area contributed by atoms with Crippen molar-refractivity contribution in [3.8, 4) is 0 Å². The molecule has 1 aromatic heterocycles. The molecule has 0 saturated heterocycles. The fraction of sp³-hybridized carbons (Fsp3) is 0.150. The summed E-state index contributed by atoms with van der Waals surface area (Å²) in [4.78, 5) is 36.2. The number of hydrogen-bond acceptors (Lipinski definition) is 5. The molecule has 1 amide bonds. The quantitative estimate of drug-likeness (QED) is 0.689. The zero-order valence-electron chi connectivity index (χ0n) is 14.7. The van der Waals surface area contributed by atoms with E-state index >= 15 is 0 Å². The van der Waals surface area contributed by atoms with Crippen LogP contribution in [0.4, 0.5) is 5.69 Å². The minimum atomic E-state index is -0.904. The van der Waals surface area contributed by atoms with Crippen LogP contribution in [0.2, 0.25) is 5.02 Å². The molecule has 3 rings (SSSR count). The van der Waals surface area contributed by atoms with Crippen molar-refractivity contribution >= 4 is 40.1 Å². The summed E-state index contributed by atoms with van der Waals surface area (Å²) in [6.45, 7) is 3.39. The van der Waals surface area contributed by atoms with Crippen LogP contribution in [0.5, 0.6) is 0 Å². The normalized spacial score (nSPS) is 10.6. The highest BCUT2D eigenvalue weighted by Crippen LogP contribution is 2.18. The third kappa shape index (κ3) is 4.35. The molecule has 2 aromatic carbocycles. The number of carbonyl (C=O) groups excluding carboxylic acids is 2. The van der Waals surface area contributed by atoms with Gasteiger partial charge in [0.25, 0.3) is 5.91 Å². The van der Waals surface area contributed by atoms with Gasteiger partial charge in [0, 0.05) is 16.8 Å². The van der Waals surface area contributed by atoms with E-state index in [1.807, 2.05) is 26.0 Å². The second-order valence-corrected chi connectivity index (χ2v) is 6.48. The Hall–Kier alpha value is -3.12. The second-order valence-electron chi connectivity index (χ2n) is 6.04. The molecular weight excluding hydrogens is 370 g/mol. The average molecular weight is 386 g/mol. The average Bonchev–Trinajstić information content (AvgIpc) is 2.63. The number of anilines is 1. The Morgan fingerprint density at radius 3 is 2.59 bits per heavy atom. The number of rotatable bonds is 4. The van der Waals surface area contributed by atoms with Crippen LogP contribution in [0.15, 0.2) is 51.7 Å². The molecule has 1 heterocycles. The van der Waals surface area contributed by atoms with E-state index < -0.39 is 23.9 Å². The number of aryl methyl sites for hydroxylation is 2. The van der Waals surface area contributed by atoms with Crippen LogP contribution in [0, 0.1) is 13.8 Å². The van der Waals surface area contributed by atoms with E-state index in [2.05, 4.69) is 5.32 Å². The van der Waals surface area contributed by atoms with Gasteiger partial charge in [0.05, 0.1) is 5.39 Å². The van der Waals surface area contributed by atoms with Gasteiger partial charge in [-0.3, -0.25) is 9.59 Å². The van der Waals surface area contributed by atoms with E-state index in [1.54, 1.807) is 12.1 Å². The van der Waals surface area contributed by atoms with E-state index in [0.29, 0.717) is 10.7 Å². The Morgan fingerprint density at radius 1 is 1.07 bits per heavy atom. The van der Waals surface area contributed by atoms with Crippen molar-refractivity contribution in [1.29, 1.82) is 0 Å². The van der Waals surface area contributed by atoms with Crippen LogP contribution in [-0.2, 0) is 9.53 Å². The first-order valence-corrected chi connectivity index (χ1v) is 8.49. The second kappa shape index (κ2) is 7.63. The molecule has 0 aliphatic rings. The van der Waals surface area contributed by atoms with Crippen molar-refractivity contribution in [2.24, 2.45) is 0 Å². The largest absolute Gasteiger partial charge is 0.450 e. The third-order valence-electron chi connectivity index (χ3n) is 4.02. The van der Waals surface area contributed by atoms with Gasteiger partial charge in [-0.05, 0) is 55.3 Å². The molecule has 0 fully saturated rings. The standard InChI is InChI=1S/C20H16ClNO5/c1-11-3-5-14(7-12(11)2)22-19(24)10-26-20(25)18-9-16(23)15-8-13(21)4-6-17(15)27-18/h3-9H,10H2,1-2H3,(H,22,24). The number of nitrogens with one attached hydrogen (secondary N) is 1. The van der Waals surface area contributed by atoms with Gasteiger partial charge in [-0.15, -0.1) is 0 Å². The van der Waals surface area contributed by atoms with Crippen molar-refractivity contribution in [2.45, 2.75) is 13.8 Å². The predicted molar refractivity (Wildman–Crippen MR) is 102 cm³/mol. The molecule has 0 aliphatic carbocycles. The van der Waals surface area contributed by atoms with Crippen LogP contribution in [0.3, 0.4) is 0 Å². The van der Waals surface area contributed by atoms with Gasteiger partial charge in [0.1, 0.15) is 5.58 Å². The topological polar surface area (TPSA) is 85.6 Å². The number of esters is 1. The maximum atomic E-state index is 12.1. The number of ether oxygens (including phenoxy) is 1. The summed E-state index contributed by atoms with van der Waals surface area (Å²) in [5, 5.41) is 3.28. The molecule has 0 aliphatic heterocycles. The molecule has 6 nitrogen and oxygen atoms in total. The maximum Gasteiger partial charge on any atom is 0.374 e. The summed E-state index contributed by atoms with van der Waals surface area (Å²) in [5.74, 6) is -1.69. The molecular formula is C20H16ClNO5. The highest BCUT2D eigenvalue weighted by Gasteiger charge is 2.16. The molecule has 27 heavy (non-hydrogen) atoms. The summed E-state index contributed by atoms with van der Waals surface area (Å²) < 4.78 is 10.3. The molecule has 0 atom stereocenters. The van der Waals surface area contributed by atoms with Gasteiger partial charge in [0.15, 0.2) is 12.0 Å². The first kappa shape index (κ1) is 18.7. The Bertz CT molecular complexity index is 1100. The third-order valence-corrected chi connectivity index (χ3v) is 4.25. The molecule has 0 spiro atoms. The molecule has 3 aromatic rings. The van der Waals surface area contributed by atoms with E-state index in [0.717, 1.165) is 17.2 Å². The smallest absolute Gasteiger partial charge is 0.374 e. The lowest BCUT2D eigenvalue weighted by Crippen LogP contribution is -2.21. The van der Waals surface area contributed by atoms with Crippen molar-refractivity contribution in [1.82, 2.24) is 0 Å². The van der Waals surface area contributed by atoms with Gasteiger partial charge in [-0.25, -0.2) is 4.79 Å². The Labute approximate surface area is 159 Å². The molecule has 0 radical (unpaired) electrons. The van der Waals surface area contributed by atoms with E-state index in [-0.39, 0.29) is 16.7 Å². The molecule has 0 bridgehead atoms. The van der Waals surface area contributed by atoms with Crippen molar-refractivity contribution in [3.05, 3.63) is 74.6 Å². The molecule has 1 N–H and O–H groups in total. The van der Waals surface area contributed by atoms with Crippen molar-refractivity contribution in [2.75, 3.05) is 11.9 Å². The van der Waals surface area contributed by atoms with Gasteiger partial charge < -0.3 is 14.5 Å². The summed E-state index contributed by atoms with van der Waals surface area (Å²) in [6, 6.07) is 11.0. The molecule has 7 heteroatoms. The lowest BCUT2D eigenvalue weighted by molar-refractivity contribution is -0.119. The molecule has 0 unspecified atom stereocenters. The number of carbonyl (C=O) groups is 2. The highest BCUT2D eigenvalue weighted by molar-refractivity contribution is 6.31. The zero-order valence-corrected chi connectivity index (χ0v) is 15.4. The fourth-order valence-corrected chi connectivity index (χ4v) is 2.62. The first-order chi connectivity index (χ1) is 12.8. The van der Waals surface area contributed by atoms with Gasteiger partial charge >= 0.3 is 5.97 Å². The summed E-state index contributed by atoms with van der Waals surface area (Å²) in [6.07, 6.45) is 0. The predicted octanol–water partition coefficient (Wildman–Crippen LogP) is 3.86. The van der Waals surface area contributed by atoms with E-state index in [4.69, 9.17) is 20.8 Å². The van der Waals surface area contributed by atoms with E-state index in [1.165, 1.54) is 12.1 Å². The molecule has 138 valence electrons. The van der Waals surface area contributed by atoms with Gasteiger partial charge in [-0.1, -0.05) is 17.7 Å². The first-order valence-electron chi connectivity index (χ1n) is 8.11. The maximum absolute atomic E-state index is 12.1. The van der Waals surface area contributed by atoms with Crippen LogP contribution in [0.1, 0.15) is 21.7 Å². The summed E-state index contributed by atoms with van der Waals surface area (Å²) in [5.41, 5.74) is 2.52. The number of fused-ring (bicyclic) bond motifs is 1. The number of halogens is 1. The van der Waals surface area contributed by atoms with Crippen molar-refractivity contribution in [3.63, 3.8) is 0 Å². The Morgan fingerprint density at radius 2 is 1.85 bits per heavy atom. The van der Waals surface area contributed by atoms with Crippen LogP contribution < -0.4 is 10.7 Å². The number of hydrogen-bond donors (Lipinski definition) is 1. The summed E-state index contributed by atoms with van der Waals surface area (Å²) >= 11 is 5.85. The minimum absolute atomic E-state index is 0.207. The SMILES string of the molecule is Cc1ccc(NC(=O)COC(=O)c2cc(=O)c3cc(Cl)ccc3o2)cc1C. The highest BCUT2D eigenvalue weighted by atomic mass is 35.5. The van der Waals surface area contributed by atoms with Crippen LogP contribution >= 0.6 is 11.6 Å². The number of benzene rings is 2. The monoisotopic (exact) mass is 385 g/mol. The van der Waals surface area contributed by atoms with E-state index in [9.17, 15) is 14.4 Å². The number of amides is 1. The zero-order chi connectivity index (χ0) is 19.6. The lowest BCUT2D eigenvalue weighted by Gasteiger charge is -2.08. The minimum Gasteiger partial charge on any atom is -0.450 e. The Kier molecular flexibility index (Phi) is 5.28. The molecule has 0 saturated carbocycles. The fourth-order valence-electron chi connectivity index (χ4n) is 2.45.